The summed E-state index contributed by atoms with van der Waals surface area (Å²) >= 11 is 0. The van der Waals surface area contributed by atoms with Crippen LogP contribution in [-0.2, 0) is 10.2 Å². The van der Waals surface area contributed by atoms with E-state index >= 15 is 0 Å². The number of carbonyl (C=O) groups is 1. The quantitative estimate of drug-likeness (QED) is 0.810. The van der Waals surface area contributed by atoms with Crippen molar-refractivity contribution in [1.29, 1.82) is 0 Å². The Balaban J connectivity index is 2.24. The molecule has 0 aromatic carbocycles. The lowest BCUT2D eigenvalue weighted by atomic mass is 9.96. The minimum Gasteiger partial charge on any atom is -0.481 e. The van der Waals surface area contributed by atoms with Gasteiger partial charge >= 0.3 is 5.97 Å². The third-order valence-corrected chi connectivity index (χ3v) is 3.05. The Labute approximate surface area is 85.5 Å². The van der Waals surface area contributed by atoms with Gasteiger partial charge in [0.2, 0.25) is 0 Å². The monoisotopic (exact) mass is 203 g/mol. The van der Waals surface area contributed by atoms with Crippen molar-refractivity contribution in [3.63, 3.8) is 0 Å². The second-order valence-electron chi connectivity index (χ2n) is 3.91. The predicted molar refractivity (Wildman–Crippen MR) is 52.6 cm³/mol. The van der Waals surface area contributed by atoms with Crippen molar-refractivity contribution >= 4 is 16.9 Å². The van der Waals surface area contributed by atoms with E-state index in [1.54, 1.807) is 24.7 Å². The molecule has 0 amide bonds. The third kappa shape index (κ3) is 1.02. The molecule has 1 fully saturated rings. The molecule has 1 aliphatic carbocycles. The number of hydrogen-bond donors (Lipinski definition) is 1. The van der Waals surface area contributed by atoms with E-state index in [2.05, 4.69) is 4.98 Å². The average molecular weight is 203 g/mol. The second-order valence-corrected chi connectivity index (χ2v) is 3.91. The van der Waals surface area contributed by atoms with Crippen LogP contribution in [0.25, 0.3) is 11.0 Å². The van der Waals surface area contributed by atoms with E-state index < -0.39 is 11.4 Å². The predicted octanol–water partition coefficient (Wildman–Crippen LogP) is 1.94. The molecule has 3 rings (SSSR count). The number of fused-ring (bicyclic) bond motifs is 1. The molecular formula is C11H9NO3. The number of nitrogens with zero attached hydrogens (tertiary/aromatic N) is 1. The van der Waals surface area contributed by atoms with Gasteiger partial charge in [-0.15, -0.1) is 0 Å². The van der Waals surface area contributed by atoms with Crippen LogP contribution in [0.4, 0.5) is 0 Å². The zero-order chi connectivity index (χ0) is 10.5. The Morgan fingerprint density at radius 2 is 2.33 bits per heavy atom. The van der Waals surface area contributed by atoms with Crippen LogP contribution in [0.5, 0.6) is 0 Å². The molecule has 2 heterocycles. The maximum atomic E-state index is 11.2. The molecule has 0 aliphatic heterocycles. The summed E-state index contributed by atoms with van der Waals surface area (Å²) in [6.07, 6.45) is 6.22. The highest BCUT2D eigenvalue weighted by Crippen LogP contribution is 2.50. The van der Waals surface area contributed by atoms with Gasteiger partial charge in [0.05, 0.1) is 11.7 Å². The summed E-state index contributed by atoms with van der Waals surface area (Å²) in [6, 6.07) is 1.75. The van der Waals surface area contributed by atoms with Gasteiger partial charge in [-0.1, -0.05) is 0 Å². The first-order chi connectivity index (χ1) is 7.24. The van der Waals surface area contributed by atoms with Crippen molar-refractivity contribution in [2.24, 2.45) is 0 Å². The van der Waals surface area contributed by atoms with Gasteiger partial charge < -0.3 is 9.52 Å². The Hall–Kier alpha value is -1.84. The number of carboxylic acids is 1. The lowest BCUT2D eigenvalue weighted by Gasteiger charge is -2.06. The first-order valence-corrected chi connectivity index (χ1v) is 4.79. The van der Waals surface area contributed by atoms with Gasteiger partial charge in [-0.2, -0.15) is 0 Å². The molecule has 0 unspecified atom stereocenters. The van der Waals surface area contributed by atoms with Crippen LogP contribution >= 0.6 is 0 Å². The fourth-order valence-electron chi connectivity index (χ4n) is 1.97. The van der Waals surface area contributed by atoms with E-state index in [0.29, 0.717) is 18.4 Å². The molecule has 0 saturated heterocycles. The average Bonchev–Trinajstić information content (AvgIpc) is 2.93. The summed E-state index contributed by atoms with van der Waals surface area (Å²) in [5, 5.41) is 9.99. The minimum absolute atomic E-state index is 0.686. The van der Waals surface area contributed by atoms with Gasteiger partial charge in [-0.3, -0.25) is 9.78 Å². The number of carboxylic acid groups (broad SMARTS) is 1. The molecule has 0 atom stereocenters. The summed E-state index contributed by atoms with van der Waals surface area (Å²) in [5.74, 6) is -0.769. The van der Waals surface area contributed by atoms with Crippen molar-refractivity contribution in [3.8, 4) is 0 Å². The summed E-state index contributed by atoms with van der Waals surface area (Å²) in [5.41, 5.74) is 0.750. The van der Waals surface area contributed by atoms with Gasteiger partial charge in [0.25, 0.3) is 0 Å². The van der Waals surface area contributed by atoms with E-state index in [1.807, 2.05) is 0 Å². The first-order valence-electron chi connectivity index (χ1n) is 4.79. The molecule has 0 radical (unpaired) electrons. The van der Waals surface area contributed by atoms with Gasteiger partial charge in [0, 0.05) is 23.3 Å². The topological polar surface area (TPSA) is 63.3 Å². The molecule has 4 heteroatoms. The molecule has 2 aromatic rings. The maximum Gasteiger partial charge on any atom is 0.314 e. The van der Waals surface area contributed by atoms with Crippen LogP contribution in [0.15, 0.2) is 29.1 Å². The van der Waals surface area contributed by atoms with Crippen molar-refractivity contribution < 1.29 is 14.3 Å². The normalized spacial score (nSPS) is 17.9. The molecule has 1 saturated carbocycles. The molecule has 2 aromatic heterocycles. The number of pyridine rings is 1. The van der Waals surface area contributed by atoms with Crippen molar-refractivity contribution in [2.75, 3.05) is 0 Å². The highest BCUT2D eigenvalue weighted by Gasteiger charge is 2.53. The highest BCUT2D eigenvalue weighted by molar-refractivity contribution is 5.92. The van der Waals surface area contributed by atoms with Crippen LogP contribution in [0.2, 0.25) is 0 Å². The van der Waals surface area contributed by atoms with E-state index in [-0.39, 0.29) is 0 Å². The van der Waals surface area contributed by atoms with E-state index in [9.17, 15) is 9.90 Å². The molecule has 4 nitrogen and oxygen atoms in total. The SMILES string of the molecule is O=C(O)C1(c2coc3ccncc23)CC1. The summed E-state index contributed by atoms with van der Waals surface area (Å²) < 4.78 is 5.32. The van der Waals surface area contributed by atoms with E-state index in [1.165, 1.54) is 0 Å². The van der Waals surface area contributed by atoms with Gasteiger partial charge in [-0.05, 0) is 18.9 Å². The minimum atomic E-state index is -0.769. The van der Waals surface area contributed by atoms with Gasteiger partial charge in [-0.25, -0.2) is 0 Å². The van der Waals surface area contributed by atoms with Gasteiger partial charge in [0.15, 0.2) is 0 Å². The number of hydrogen-bond acceptors (Lipinski definition) is 3. The largest absolute Gasteiger partial charge is 0.481 e. The maximum absolute atomic E-state index is 11.2. The summed E-state index contributed by atoms with van der Waals surface area (Å²) in [4.78, 5) is 15.2. The van der Waals surface area contributed by atoms with Crippen LogP contribution in [0.1, 0.15) is 18.4 Å². The zero-order valence-electron chi connectivity index (χ0n) is 7.93. The Morgan fingerprint density at radius 3 is 3.00 bits per heavy atom. The number of aromatic nitrogens is 1. The molecule has 1 aliphatic rings. The molecule has 76 valence electrons. The van der Waals surface area contributed by atoms with Gasteiger partial charge in [0.1, 0.15) is 5.58 Å². The smallest absolute Gasteiger partial charge is 0.314 e. The number of furan rings is 1. The summed E-state index contributed by atoms with van der Waals surface area (Å²) in [7, 11) is 0. The van der Waals surface area contributed by atoms with Crippen LogP contribution in [0, 0.1) is 0 Å². The Bertz CT molecular complexity index is 540. The summed E-state index contributed by atoms with van der Waals surface area (Å²) in [6.45, 7) is 0. The second kappa shape index (κ2) is 2.59. The molecule has 15 heavy (non-hydrogen) atoms. The fourth-order valence-corrected chi connectivity index (χ4v) is 1.97. The Morgan fingerprint density at radius 1 is 1.53 bits per heavy atom. The number of aliphatic carboxylic acids is 1. The van der Waals surface area contributed by atoms with Crippen LogP contribution < -0.4 is 0 Å². The standard InChI is InChI=1S/C11H9NO3/c13-10(14)11(2-3-11)8-6-15-9-1-4-12-5-7(8)9/h1,4-6H,2-3H2,(H,13,14). The highest BCUT2D eigenvalue weighted by atomic mass is 16.4. The lowest BCUT2D eigenvalue weighted by molar-refractivity contribution is -0.140. The van der Waals surface area contributed by atoms with Crippen molar-refractivity contribution in [1.82, 2.24) is 4.98 Å². The first kappa shape index (κ1) is 8.47. The zero-order valence-corrected chi connectivity index (χ0v) is 7.93. The molecular weight excluding hydrogens is 194 g/mol. The van der Waals surface area contributed by atoms with Crippen molar-refractivity contribution in [2.45, 2.75) is 18.3 Å². The molecule has 1 N–H and O–H groups in total. The van der Waals surface area contributed by atoms with Crippen molar-refractivity contribution in [3.05, 3.63) is 30.3 Å². The van der Waals surface area contributed by atoms with E-state index in [0.717, 1.165) is 10.9 Å². The molecule has 0 spiro atoms. The fraction of sp³-hybridized carbons (Fsp3) is 0.273. The van der Waals surface area contributed by atoms with Crippen LogP contribution in [-0.4, -0.2) is 16.1 Å². The van der Waals surface area contributed by atoms with Crippen LogP contribution in [0.3, 0.4) is 0 Å². The molecule has 0 bridgehead atoms. The lowest BCUT2D eigenvalue weighted by Crippen LogP contribution is -2.18. The third-order valence-electron chi connectivity index (χ3n) is 3.05. The van der Waals surface area contributed by atoms with E-state index in [4.69, 9.17) is 4.42 Å². The number of rotatable bonds is 2. The Kier molecular flexibility index (Phi) is 1.46.